The van der Waals surface area contributed by atoms with Gasteiger partial charge in [0.25, 0.3) is 0 Å². The van der Waals surface area contributed by atoms with E-state index in [0.717, 1.165) is 6.54 Å². The van der Waals surface area contributed by atoms with Gasteiger partial charge in [0.05, 0.1) is 0 Å². The van der Waals surface area contributed by atoms with Gasteiger partial charge in [-0.3, -0.25) is 0 Å². The van der Waals surface area contributed by atoms with Crippen molar-refractivity contribution in [2.75, 3.05) is 13.6 Å². The van der Waals surface area contributed by atoms with E-state index in [9.17, 15) is 0 Å². The highest BCUT2D eigenvalue weighted by Crippen LogP contribution is 2.28. The number of likely N-dealkylation sites (N-methyl/N-ethyl adjacent to an activating group) is 1. The Morgan fingerprint density at radius 3 is 2.71 bits per heavy atom. The highest BCUT2D eigenvalue weighted by molar-refractivity contribution is 5.83. The lowest BCUT2D eigenvalue weighted by atomic mass is 9.87. The summed E-state index contributed by atoms with van der Waals surface area (Å²) < 4.78 is 0. The van der Waals surface area contributed by atoms with Gasteiger partial charge < -0.3 is 10.3 Å². The van der Waals surface area contributed by atoms with Crippen molar-refractivity contribution in [3.05, 3.63) is 35.5 Å². The van der Waals surface area contributed by atoms with Crippen LogP contribution in [-0.4, -0.2) is 18.6 Å². The number of aryl methyl sites for hydroxylation is 1. The summed E-state index contributed by atoms with van der Waals surface area (Å²) in [6.45, 7) is 7.77. The number of hydrogen-bond donors (Lipinski definition) is 2. The Kier molecular flexibility index (Phi) is 3.53. The Morgan fingerprint density at radius 2 is 2.06 bits per heavy atom. The number of rotatable bonds is 4. The van der Waals surface area contributed by atoms with E-state index in [-0.39, 0.29) is 0 Å². The monoisotopic (exact) mass is 230 g/mol. The summed E-state index contributed by atoms with van der Waals surface area (Å²) in [6, 6.07) is 6.78. The molecule has 1 aromatic carbocycles. The molecule has 0 saturated heterocycles. The Hall–Kier alpha value is -1.28. The summed E-state index contributed by atoms with van der Waals surface area (Å²) in [4.78, 5) is 3.30. The quantitative estimate of drug-likeness (QED) is 0.827. The maximum absolute atomic E-state index is 3.30. The molecule has 0 bridgehead atoms. The molecule has 0 saturated carbocycles. The molecular formula is C15H22N2. The van der Waals surface area contributed by atoms with E-state index in [2.05, 4.69) is 55.5 Å². The zero-order valence-corrected chi connectivity index (χ0v) is 11.2. The van der Waals surface area contributed by atoms with Crippen LogP contribution in [-0.2, 0) is 0 Å². The Bertz CT molecular complexity index is 497. The fourth-order valence-corrected chi connectivity index (χ4v) is 2.47. The number of fused-ring (bicyclic) bond motifs is 1. The average Bonchev–Trinajstić information content (AvgIpc) is 2.67. The van der Waals surface area contributed by atoms with E-state index in [1.54, 1.807) is 0 Å². The second kappa shape index (κ2) is 4.92. The Labute approximate surface area is 103 Å². The zero-order valence-electron chi connectivity index (χ0n) is 11.2. The maximum Gasteiger partial charge on any atom is 0.0456 e. The second-order valence-electron chi connectivity index (χ2n) is 5.18. The summed E-state index contributed by atoms with van der Waals surface area (Å²) in [5.41, 5.74) is 4.00. The van der Waals surface area contributed by atoms with Gasteiger partial charge in [-0.05, 0) is 49.1 Å². The van der Waals surface area contributed by atoms with Crippen LogP contribution in [0.1, 0.15) is 30.9 Å². The molecule has 1 unspecified atom stereocenters. The summed E-state index contributed by atoms with van der Waals surface area (Å²) >= 11 is 0. The molecule has 1 atom stereocenters. The van der Waals surface area contributed by atoms with E-state index in [0.29, 0.717) is 11.8 Å². The van der Waals surface area contributed by atoms with E-state index in [1.807, 2.05) is 7.05 Å². The first kappa shape index (κ1) is 12.2. The normalized spacial score (nSPS) is 13.5. The standard InChI is InChI=1S/C15H22N2/c1-10(2)14(9-16-4)12-5-6-15-13(7-12)11(3)8-17-15/h5-8,10,14,16-17H,9H2,1-4H3. The van der Waals surface area contributed by atoms with Gasteiger partial charge in [0.2, 0.25) is 0 Å². The molecule has 0 fully saturated rings. The van der Waals surface area contributed by atoms with Crippen molar-refractivity contribution in [3.63, 3.8) is 0 Å². The topological polar surface area (TPSA) is 27.8 Å². The van der Waals surface area contributed by atoms with Gasteiger partial charge in [-0.1, -0.05) is 19.9 Å². The lowest BCUT2D eigenvalue weighted by molar-refractivity contribution is 0.479. The molecule has 1 heterocycles. The fourth-order valence-electron chi connectivity index (χ4n) is 2.47. The molecule has 1 aromatic heterocycles. The van der Waals surface area contributed by atoms with E-state index < -0.39 is 0 Å². The van der Waals surface area contributed by atoms with Crippen LogP contribution in [0.15, 0.2) is 24.4 Å². The van der Waals surface area contributed by atoms with Crippen LogP contribution in [0.5, 0.6) is 0 Å². The van der Waals surface area contributed by atoms with Crippen molar-refractivity contribution in [2.24, 2.45) is 5.92 Å². The van der Waals surface area contributed by atoms with Gasteiger partial charge in [0, 0.05) is 23.6 Å². The lowest BCUT2D eigenvalue weighted by Gasteiger charge is -2.21. The highest BCUT2D eigenvalue weighted by Gasteiger charge is 2.15. The fraction of sp³-hybridized carbons (Fsp3) is 0.467. The van der Waals surface area contributed by atoms with Crippen molar-refractivity contribution >= 4 is 10.9 Å². The molecular weight excluding hydrogens is 208 g/mol. The van der Waals surface area contributed by atoms with Gasteiger partial charge in [-0.2, -0.15) is 0 Å². The first-order valence-corrected chi connectivity index (χ1v) is 6.35. The minimum atomic E-state index is 0.582. The number of hydrogen-bond acceptors (Lipinski definition) is 1. The predicted molar refractivity (Wildman–Crippen MR) is 74.5 cm³/mol. The van der Waals surface area contributed by atoms with Gasteiger partial charge >= 0.3 is 0 Å². The molecule has 2 rings (SSSR count). The van der Waals surface area contributed by atoms with Gasteiger partial charge in [-0.15, -0.1) is 0 Å². The SMILES string of the molecule is CNCC(c1ccc2[nH]cc(C)c2c1)C(C)C. The average molecular weight is 230 g/mol. The van der Waals surface area contributed by atoms with Crippen molar-refractivity contribution in [3.8, 4) is 0 Å². The Morgan fingerprint density at radius 1 is 1.29 bits per heavy atom. The third-order valence-corrected chi connectivity index (χ3v) is 3.57. The molecule has 92 valence electrons. The minimum absolute atomic E-state index is 0.582. The summed E-state index contributed by atoms with van der Waals surface area (Å²) in [5.74, 6) is 1.23. The van der Waals surface area contributed by atoms with Crippen molar-refractivity contribution in [2.45, 2.75) is 26.7 Å². The second-order valence-corrected chi connectivity index (χ2v) is 5.18. The summed E-state index contributed by atoms with van der Waals surface area (Å²) in [5, 5.41) is 4.65. The van der Waals surface area contributed by atoms with Crippen LogP contribution in [0.25, 0.3) is 10.9 Å². The zero-order chi connectivity index (χ0) is 12.4. The molecule has 0 radical (unpaired) electrons. The van der Waals surface area contributed by atoms with Crippen molar-refractivity contribution in [1.29, 1.82) is 0 Å². The van der Waals surface area contributed by atoms with E-state index in [4.69, 9.17) is 0 Å². The van der Waals surface area contributed by atoms with E-state index >= 15 is 0 Å². The third kappa shape index (κ3) is 2.37. The first-order valence-electron chi connectivity index (χ1n) is 6.35. The highest BCUT2D eigenvalue weighted by atomic mass is 14.8. The van der Waals surface area contributed by atoms with Crippen LogP contribution in [0.3, 0.4) is 0 Å². The molecule has 0 aliphatic rings. The summed E-state index contributed by atoms with van der Waals surface area (Å²) in [7, 11) is 2.02. The molecule has 0 aliphatic carbocycles. The van der Waals surface area contributed by atoms with Gasteiger partial charge in [0.15, 0.2) is 0 Å². The van der Waals surface area contributed by atoms with Crippen molar-refractivity contribution < 1.29 is 0 Å². The number of aromatic nitrogens is 1. The predicted octanol–water partition coefficient (Wildman–Crippen LogP) is 3.44. The number of H-pyrrole nitrogens is 1. The minimum Gasteiger partial charge on any atom is -0.361 e. The van der Waals surface area contributed by atoms with Crippen LogP contribution in [0, 0.1) is 12.8 Å². The van der Waals surface area contributed by atoms with E-state index in [1.165, 1.54) is 22.0 Å². The largest absolute Gasteiger partial charge is 0.361 e. The van der Waals surface area contributed by atoms with Crippen molar-refractivity contribution in [1.82, 2.24) is 10.3 Å². The molecule has 0 aliphatic heterocycles. The third-order valence-electron chi connectivity index (χ3n) is 3.57. The smallest absolute Gasteiger partial charge is 0.0456 e. The lowest BCUT2D eigenvalue weighted by Crippen LogP contribution is -2.21. The molecule has 2 nitrogen and oxygen atoms in total. The molecule has 17 heavy (non-hydrogen) atoms. The molecule has 0 spiro atoms. The number of nitrogens with one attached hydrogen (secondary N) is 2. The molecule has 2 aromatic rings. The number of aromatic amines is 1. The molecule has 2 N–H and O–H groups in total. The van der Waals surface area contributed by atoms with Crippen LogP contribution in [0.2, 0.25) is 0 Å². The van der Waals surface area contributed by atoms with Crippen LogP contribution >= 0.6 is 0 Å². The first-order chi connectivity index (χ1) is 8.13. The summed E-state index contributed by atoms with van der Waals surface area (Å²) in [6.07, 6.45) is 2.08. The maximum atomic E-state index is 3.30. The van der Waals surface area contributed by atoms with Gasteiger partial charge in [-0.25, -0.2) is 0 Å². The number of benzene rings is 1. The molecule has 0 amide bonds. The van der Waals surface area contributed by atoms with Gasteiger partial charge in [0.1, 0.15) is 0 Å². The van der Waals surface area contributed by atoms with Crippen LogP contribution in [0.4, 0.5) is 0 Å². The molecule has 2 heteroatoms. The Balaban J connectivity index is 2.42. The van der Waals surface area contributed by atoms with Crippen LogP contribution < -0.4 is 5.32 Å².